The SMILES string of the molecule is O[C@@H]1[C@H]2C=C[C@@]13CCC[C@H]1C[C@@]13C2. The summed E-state index contributed by atoms with van der Waals surface area (Å²) >= 11 is 0. The van der Waals surface area contributed by atoms with E-state index in [1.807, 2.05) is 0 Å². The molecule has 0 aliphatic heterocycles. The Balaban J connectivity index is 1.90. The van der Waals surface area contributed by atoms with Crippen molar-refractivity contribution in [3.05, 3.63) is 12.2 Å². The van der Waals surface area contributed by atoms with Gasteiger partial charge in [-0.3, -0.25) is 0 Å². The summed E-state index contributed by atoms with van der Waals surface area (Å²) < 4.78 is 0. The highest BCUT2D eigenvalue weighted by molar-refractivity contribution is 5.35. The fraction of sp³-hybridized carbons (Fsp3) is 0.833. The number of aliphatic hydroxyl groups excluding tert-OH is 1. The van der Waals surface area contributed by atoms with Crippen LogP contribution in [-0.2, 0) is 0 Å². The van der Waals surface area contributed by atoms with Crippen LogP contribution in [0.5, 0.6) is 0 Å². The Morgan fingerprint density at radius 3 is 3.00 bits per heavy atom. The summed E-state index contributed by atoms with van der Waals surface area (Å²) in [6.07, 6.45) is 11.4. The Bertz CT molecular complexity index is 308. The maximum Gasteiger partial charge on any atom is 0.0698 e. The number of hydrogen-bond acceptors (Lipinski definition) is 1. The van der Waals surface area contributed by atoms with Gasteiger partial charge in [0, 0.05) is 11.3 Å². The van der Waals surface area contributed by atoms with E-state index in [-0.39, 0.29) is 11.5 Å². The second kappa shape index (κ2) is 1.75. The molecule has 0 aromatic rings. The highest BCUT2D eigenvalue weighted by atomic mass is 16.3. The molecule has 2 bridgehead atoms. The van der Waals surface area contributed by atoms with Crippen LogP contribution in [0.15, 0.2) is 12.2 Å². The second-order valence-corrected chi connectivity index (χ2v) is 5.66. The van der Waals surface area contributed by atoms with Gasteiger partial charge in [-0.25, -0.2) is 0 Å². The van der Waals surface area contributed by atoms with Crippen molar-refractivity contribution in [2.24, 2.45) is 22.7 Å². The number of fused-ring (bicyclic) bond motifs is 1. The first-order valence-electron chi connectivity index (χ1n) is 5.66. The summed E-state index contributed by atoms with van der Waals surface area (Å²) in [5.74, 6) is 1.49. The van der Waals surface area contributed by atoms with Crippen molar-refractivity contribution in [2.45, 2.75) is 38.2 Å². The highest BCUT2D eigenvalue weighted by Gasteiger charge is 2.75. The molecule has 3 fully saturated rings. The van der Waals surface area contributed by atoms with Crippen LogP contribution >= 0.6 is 0 Å². The van der Waals surface area contributed by atoms with E-state index in [1.54, 1.807) is 0 Å². The van der Waals surface area contributed by atoms with Gasteiger partial charge in [-0.2, -0.15) is 0 Å². The molecule has 4 aliphatic rings. The van der Waals surface area contributed by atoms with Gasteiger partial charge < -0.3 is 5.11 Å². The van der Waals surface area contributed by atoms with Gasteiger partial charge in [-0.1, -0.05) is 18.6 Å². The summed E-state index contributed by atoms with van der Waals surface area (Å²) in [5.41, 5.74) is 0.838. The molecule has 0 amide bonds. The van der Waals surface area contributed by atoms with E-state index in [4.69, 9.17) is 0 Å². The zero-order valence-corrected chi connectivity index (χ0v) is 7.87. The van der Waals surface area contributed by atoms with Crippen LogP contribution in [0.1, 0.15) is 32.1 Å². The Kier molecular flexibility index (Phi) is 0.947. The first kappa shape index (κ1) is 7.05. The van der Waals surface area contributed by atoms with Gasteiger partial charge in [-0.05, 0) is 37.0 Å². The third-order valence-electron chi connectivity index (χ3n) is 5.48. The van der Waals surface area contributed by atoms with Gasteiger partial charge in [0.1, 0.15) is 0 Å². The summed E-state index contributed by atoms with van der Waals surface area (Å²) in [6.45, 7) is 0. The normalized spacial score (nSPS) is 66.4. The van der Waals surface area contributed by atoms with E-state index in [9.17, 15) is 5.11 Å². The van der Waals surface area contributed by atoms with Crippen molar-refractivity contribution in [3.8, 4) is 0 Å². The molecular formula is C12H16O. The fourth-order valence-electron chi connectivity index (χ4n) is 4.83. The zero-order valence-electron chi connectivity index (χ0n) is 7.87. The second-order valence-electron chi connectivity index (χ2n) is 5.66. The van der Waals surface area contributed by atoms with Crippen molar-refractivity contribution in [1.29, 1.82) is 0 Å². The highest BCUT2D eigenvalue weighted by Crippen LogP contribution is 2.79. The molecule has 1 heteroatoms. The van der Waals surface area contributed by atoms with E-state index in [2.05, 4.69) is 12.2 Å². The number of rotatable bonds is 0. The van der Waals surface area contributed by atoms with Gasteiger partial charge in [0.05, 0.1) is 6.10 Å². The monoisotopic (exact) mass is 176 g/mol. The molecule has 5 atom stereocenters. The predicted octanol–water partition coefficient (Wildman–Crippen LogP) is 2.11. The molecule has 0 aromatic carbocycles. The molecule has 1 N–H and O–H groups in total. The lowest BCUT2D eigenvalue weighted by Crippen LogP contribution is -2.37. The molecule has 1 nitrogen and oxygen atoms in total. The van der Waals surface area contributed by atoms with Gasteiger partial charge >= 0.3 is 0 Å². The molecule has 0 aromatic heterocycles. The van der Waals surface area contributed by atoms with Crippen molar-refractivity contribution in [2.75, 3.05) is 0 Å². The molecule has 0 heterocycles. The minimum atomic E-state index is -0.0159. The first-order chi connectivity index (χ1) is 6.29. The maximum absolute atomic E-state index is 10.2. The number of hydrogen-bond donors (Lipinski definition) is 1. The van der Waals surface area contributed by atoms with Crippen LogP contribution in [-0.4, -0.2) is 11.2 Å². The van der Waals surface area contributed by atoms with E-state index < -0.39 is 0 Å². The maximum atomic E-state index is 10.2. The lowest BCUT2D eigenvalue weighted by molar-refractivity contribution is 0.0282. The molecule has 2 spiro atoms. The summed E-state index contributed by atoms with van der Waals surface area (Å²) in [5, 5.41) is 10.2. The topological polar surface area (TPSA) is 20.2 Å². The van der Waals surface area contributed by atoms with Gasteiger partial charge in [0.25, 0.3) is 0 Å². The molecule has 4 rings (SSSR count). The molecule has 4 aliphatic carbocycles. The van der Waals surface area contributed by atoms with Crippen molar-refractivity contribution >= 4 is 0 Å². The van der Waals surface area contributed by atoms with Crippen LogP contribution in [0.25, 0.3) is 0 Å². The average Bonchev–Trinajstić information content (AvgIpc) is 2.72. The fourth-order valence-corrected chi connectivity index (χ4v) is 4.83. The van der Waals surface area contributed by atoms with Crippen LogP contribution in [0, 0.1) is 22.7 Å². The van der Waals surface area contributed by atoms with Gasteiger partial charge in [0.2, 0.25) is 0 Å². The summed E-state index contributed by atoms with van der Waals surface area (Å²) in [6, 6.07) is 0. The van der Waals surface area contributed by atoms with Gasteiger partial charge in [-0.15, -0.1) is 0 Å². The van der Waals surface area contributed by atoms with Crippen LogP contribution in [0.4, 0.5) is 0 Å². The Labute approximate surface area is 78.8 Å². The Morgan fingerprint density at radius 2 is 2.23 bits per heavy atom. The molecule has 0 unspecified atom stereocenters. The Hall–Kier alpha value is -0.300. The molecule has 0 saturated heterocycles. The van der Waals surface area contributed by atoms with Gasteiger partial charge in [0.15, 0.2) is 0 Å². The summed E-state index contributed by atoms with van der Waals surface area (Å²) in [7, 11) is 0. The largest absolute Gasteiger partial charge is 0.392 e. The average molecular weight is 176 g/mol. The molecule has 0 radical (unpaired) electrons. The zero-order chi connectivity index (χ0) is 8.68. The van der Waals surface area contributed by atoms with E-state index >= 15 is 0 Å². The third-order valence-corrected chi connectivity index (χ3v) is 5.48. The quantitative estimate of drug-likeness (QED) is 0.560. The lowest BCUT2D eigenvalue weighted by atomic mass is 9.66. The summed E-state index contributed by atoms with van der Waals surface area (Å²) in [4.78, 5) is 0. The Morgan fingerprint density at radius 1 is 1.31 bits per heavy atom. The van der Waals surface area contributed by atoms with Crippen LogP contribution in [0.2, 0.25) is 0 Å². The molecule has 70 valence electrons. The number of aliphatic hydroxyl groups is 1. The van der Waals surface area contributed by atoms with E-state index in [0.29, 0.717) is 11.3 Å². The van der Waals surface area contributed by atoms with Crippen molar-refractivity contribution in [1.82, 2.24) is 0 Å². The smallest absolute Gasteiger partial charge is 0.0698 e. The predicted molar refractivity (Wildman–Crippen MR) is 50.1 cm³/mol. The molecule has 3 saturated carbocycles. The molecular weight excluding hydrogens is 160 g/mol. The van der Waals surface area contributed by atoms with Crippen LogP contribution < -0.4 is 0 Å². The first-order valence-corrected chi connectivity index (χ1v) is 5.66. The minimum absolute atomic E-state index is 0.0159. The third kappa shape index (κ3) is 0.527. The van der Waals surface area contributed by atoms with E-state index in [1.165, 1.54) is 32.1 Å². The minimum Gasteiger partial charge on any atom is -0.392 e. The van der Waals surface area contributed by atoms with Crippen LogP contribution in [0.3, 0.4) is 0 Å². The standard InChI is InChI=1S/C12H16O/c13-10-8-3-5-11(10)4-1-2-9-7-12(9,11)6-8/h3,5,8-10,13H,1-2,4,6-7H2/t8-,9-,10+,11-,12-/m0/s1. The van der Waals surface area contributed by atoms with E-state index in [0.717, 1.165) is 5.92 Å². The lowest BCUT2D eigenvalue weighted by Gasteiger charge is -2.39. The van der Waals surface area contributed by atoms with Crippen molar-refractivity contribution in [3.63, 3.8) is 0 Å². The van der Waals surface area contributed by atoms with Crippen molar-refractivity contribution < 1.29 is 5.11 Å². The molecule has 13 heavy (non-hydrogen) atoms.